The molecule has 2 rings (SSSR count). The maximum atomic E-state index is 11.7. The Bertz CT molecular complexity index is 584. The van der Waals surface area contributed by atoms with Gasteiger partial charge < -0.3 is 14.4 Å². The molecule has 1 aromatic carbocycles. The second-order valence-electron chi connectivity index (χ2n) is 3.97. The summed E-state index contributed by atoms with van der Waals surface area (Å²) in [6, 6.07) is 5.21. The van der Waals surface area contributed by atoms with Crippen molar-refractivity contribution in [1.29, 1.82) is 0 Å². The molecular weight excluding hydrogens is 218 g/mol. The maximum absolute atomic E-state index is 11.7. The van der Waals surface area contributed by atoms with Crippen LogP contribution in [0.15, 0.2) is 18.2 Å². The van der Waals surface area contributed by atoms with E-state index in [1.807, 2.05) is 13.0 Å². The van der Waals surface area contributed by atoms with Crippen LogP contribution in [0.25, 0.3) is 10.9 Å². The van der Waals surface area contributed by atoms with Crippen LogP contribution in [0.4, 0.5) is 0 Å². The van der Waals surface area contributed by atoms with Gasteiger partial charge in [-0.05, 0) is 31.5 Å². The molecule has 0 spiro atoms. The number of carbonyl (C=O) groups is 1. The molecule has 0 unspecified atom stereocenters. The van der Waals surface area contributed by atoms with Crippen LogP contribution in [0.5, 0.6) is 5.75 Å². The summed E-state index contributed by atoms with van der Waals surface area (Å²) < 4.78 is 6.64. The number of aromatic nitrogens is 1. The van der Waals surface area contributed by atoms with Crippen LogP contribution in [0.3, 0.4) is 0 Å². The summed E-state index contributed by atoms with van der Waals surface area (Å²) in [4.78, 5) is 11.7. The first-order chi connectivity index (χ1) is 8.06. The second-order valence-corrected chi connectivity index (χ2v) is 3.97. The Morgan fingerprint density at radius 2 is 2.18 bits per heavy atom. The van der Waals surface area contributed by atoms with Crippen molar-refractivity contribution in [2.24, 2.45) is 7.05 Å². The van der Waals surface area contributed by atoms with Crippen LogP contribution in [-0.4, -0.2) is 22.2 Å². The minimum atomic E-state index is -0.370. The van der Waals surface area contributed by atoms with Gasteiger partial charge in [-0.15, -0.1) is 0 Å². The van der Waals surface area contributed by atoms with Crippen LogP contribution >= 0.6 is 0 Å². The summed E-state index contributed by atoms with van der Waals surface area (Å²) in [5.74, 6) is -0.200. The lowest BCUT2D eigenvalue weighted by Crippen LogP contribution is -2.09. The number of rotatable bonds is 2. The monoisotopic (exact) mass is 233 g/mol. The van der Waals surface area contributed by atoms with Crippen molar-refractivity contribution in [2.75, 3.05) is 6.61 Å². The van der Waals surface area contributed by atoms with E-state index < -0.39 is 0 Å². The number of benzene rings is 1. The van der Waals surface area contributed by atoms with Crippen molar-refractivity contribution in [3.8, 4) is 5.75 Å². The number of phenolic OH excluding ortho intramolecular Hbond substituents is 1. The second kappa shape index (κ2) is 4.13. The maximum Gasteiger partial charge on any atom is 0.354 e. The molecule has 1 N–H and O–H groups in total. The van der Waals surface area contributed by atoms with E-state index >= 15 is 0 Å². The Morgan fingerprint density at radius 3 is 2.76 bits per heavy atom. The molecule has 90 valence electrons. The van der Waals surface area contributed by atoms with Gasteiger partial charge in [0, 0.05) is 12.4 Å². The topological polar surface area (TPSA) is 51.5 Å². The SMILES string of the molecule is CCOC(=O)c1cc2c(C)ccc(O)c2n1C. The molecular formula is C13H15NO3. The molecule has 0 aliphatic heterocycles. The Hall–Kier alpha value is -1.97. The molecule has 0 amide bonds. The van der Waals surface area contributed by atoms with Crippen molar-refractivity contribution >= 4 is 16.9 Å². The molecule has 0 saturated heterocycles. The van der Waals surface area contributed by atoms with Gasteiger partial charge >= 0.3 is 5.97 Å². The largest absolute Gasteiger partial charge is 0.506 e. The van der Waals surface area contributed by atoms with Gasteiger partial charge in [0.15, 0.2) is 0 Å². The van der Waals surface area contributed by atoms with E-state index in [1.54, 1.807) is 30.7 Å². The van der Waals surface area contributed by atoms with E-state index in [9.17, 15) is 9.90 Å². The van der Waals surface area contributed by atoms with E-state index in [0.717, 1.165) is 10.9 Å². The first kappa shape index (κ1) is 11.5. The third-order valence-corrected chi connectivity index (χ3v) is 2.88. The fraction of sp³-hybridized carbons (Fsp3) is 0.308. The normalized spacial score (nSPS) is 10.8. The smallest absolute Gasteiger partial charge is 0.354 e. The zero-order valence-corrected chi connectivity index (χ0v) is 10.2. The molecule has 4 heteroatoms. The molecule has 1 heterocycles. The van der Waals surface area contributed by atoms with Crippen molar-refractivity contribution in [3.63, 3.8) is 0 Å². The molecule has 0 aliphatic carbocycles. The lowest BCUT2D eigenvalue weighted by molar-refractivity contribution is 0.0516. The van der Waals surface area contributed by atoms with Gasteiger partial charge in [0.2, 0.25) is 0 Å². The van der Waals surface area contributed by atoms with Gasteiger partial charge in [-0.2, -0.15) is 0 Å². The van der Waals surface area contributed by atoms with Crippen molar-refractivity contribution in [3.05, 3.63) is 29.5 Å². The average molecular weight is 233 g/mol. The fourth-order valence-corrected chi connectivity index (χ4v) is 1.99. The lowest BCUT2D eigenvalue weighted by atomic mass is 10.1. The van der Waals surface area contributed by atoms with Crippen LogP contribution in [0, 0.1) is 6.92 Å². The molecule has 2 aromatic rings. The number of aromatic hydroxyl groups is 1. The van der Waals surface area contributed by atoms with E-state index in [2.05, 4.69) is 0 Å². The van der Waals surface area contributed by atoms with Gasteiger partial charge in [0.1, 0.15) is 11.4 Å². The highest BCUT2D eigenvalue weighted by Gasteiger charge is 2.17. The number of phenols is 1. The summed E-state index contributed by atoms with van der Waals surface area (Å²) >= 11 is 0. The number of hydrogen-bond acceptors (Lipinski definition) is 3. The highest BCUT2D eigenvalue weighted by Crippen LogP contribution is 2.30. The van der Waals surface area contributed by atoms with Gasteiger partial charge in [0.25, 0.3) is 0 Å². The Labute approximate surface area is 99.4 Å². The quantitative estimate of drug-likeness (QED) is 0.810. The number of esters is 1. The number of nitrogens with zero attached hydrogens (tertiary/aromatic N) is 1. The van der Waals surface area contributed by atoms with Crippen LogP contribution in [-0.2, 0) is 11.8 Å². The van der Waals surface area contributed by atoms with Crippen LogP contribution in [0.2, 0.25) is 0 Å². The van der Waals surface area contributed by atoms with Gasteiger partial charge in [-0.25, -0.2) is 4.79 Å². The molecule has 17 heavy (non-hydrogen) atoms. The molecule has 0 atom stereocenters. The number of carbonyl (C=O) groups excluding carboxylic acids is 1. The third-order valence-electron chi connectivity index (χ3n) is 2.88. The summed E-state index contributed by atoms with van der Waals surface area (Å²) in [5.41, 5.74) is 2.13. The number of fused-ring (bicyclic) bond motifs is 1. The van der Waals surface area contributed by atoms with Gasteiger partial charge in [-0.1, -0.05) is 6.07 Å². The predicted molar refractivity (Wildman–Crippen MR) is 65.3 cm³/mol. The Kier molecular flexibility index (Phi) is 2.79. The van der Waals surface area contributed by atoms with Crippen molar-refractivity contribution in [1.82, 2.24) is 4.57 Å². The van der Waals surface area contributed by atoms with Crippen LogP contribution < -0.4 is 0 Å². The summed E-state index contributed by atoms with van der Waals surface area (Å²) in [5, 5.41) is 10.7. The first-order valence-electron chi connectivity index (χ1n) is 5.51. The van der Waals surface area contributed by atoms with Crippen molar-refractivity contribution in [2.45, 2.75) is 13.8 Å². The van der Waals surface area contributed by atoms with E-state index in [4.69, 9.17) is 4.74 Å². The summed E-state index contributed by atoms with van der Waals surface area (Å²) in [7, 11) is 1.74. The summed E-state index contributed by atoms with van der Waals surface area (Å²) in [6.45, 7) is 4.05. The summed E-state index contributed by atoms with van der Waals surface area (Å²) in [6.07, 6.45) is 0. The molecule has 0 fully saturated rings. The molecule has 4 nitrogen and oxygen atoms in total. The zero-order chi connectivity index (χ0) is 12.6. The van der Waals surface area contributed by atoms with Gasteiger partial charge in [-0.3, -0.25) is 0 Å². The van der Waals surface area contributed by atoms with E-state index in [0.29, 0.717) is 17.8 Å². The van der Waals surface area contributed by atoms with Crippen molar-refractivity contribution < 1.29 is 14.6 Å². The third kappa shape index (κ3) is 1.75. The van der Waals surface area contributed by atoms with E-state index in [1.165, 1.54) is 0 Å². The first-order valence-corrected chi connectivity index (χ1v) is 5.51. The van der Waals surface area contributed by atoms with Gasteiger partial charge in [0.05, 0.1) is 12.1 Å². The standard InChI is InChI=1S/C13H15NO3/c1-4-17-13(16)10-7-9-8(2)5-6-11(15)12(9)14(10)3/h5-7,15H,4H2,1-3H3. The molecule has 0 radical (unpaired) electrons. The number of ether oxygens (including phenoxy) is 1. The molecule has 0 saturated carbocycles. The number of aryl methyl sites for hydroxylation is 2. The predicted octanol–water partition coefficient (Wildman–Crippen LogP) is 2.37. The van der Waals surface area contributed by atoms with Crippen LogP contribution in [0.1, 0.15) is 23.0 Å². The highest BCUT2D eigenvalue weighted by atomic mass is 16.5. The molecule has 0 aliphatic rings. The Morgan fingerprint density at radius 1 is 1.47 bits per heavy atom. The fourth-order valence-electron chi connectivity index (χ4n) is 1.99. The zero-order valence-electron chi connectivity index (χ0n) is 10.2. The Balaban J connectivity index is 2.68. The lowest BCUT2D eigenvalue weighted by Gasteiger charge is -2.04. The van der Waals surface area contributed by atoms with E-state index in [-0.39, 0.29) is 11.7 Å². The minimum absolute atomic E-state index is 0.170. The minimum Gasteiger partial charge on any atom is -0.506 e. The highest BCUT2D eigenvalue weighted by molar-refractivity contribution is 5.98. The average Bonchev–Trinajstić information content (AvgIpc) is 2.63. The molecule has 0 bridgehead atoms. The molecule has 1 aromatic heterocycles. The number of hydrogen-bond donors (Lipinski definition) is 1.